The first kappa shape index (κ1) is 18.6. The van der Waals surface area contributed by atoms with Crippen LogP contribution in [0, 0.1) is 0 Å². The molecule has 1 amide bonds. The standard InChI is InChI=1S/C14H19ClF3N3O/c1-21(2)7-3-6-19-13(22)9-20-12-8-10(14(16,17)18)4-5-11(12)15/h4-5,8,20H,3,6-7,9H2,1-2H3,(H,19,22). The maximum Gasteiger partial charge on any atom is 0.416 e. The highest BCUT2D eigenvalue weighted by molar-refractivity contribution is 6.33. The lowest BCUT2D eigenvalue weighted by molar-refractivity contribution is -0.137. The van der Waals surface area contributed by atoms with Gasteiger partial charge in [0.25, 0.3) is 0 Å². The molecule has 0 bridgehead atoms. The van der Waals surface area contributed by atoms with Gasteiger partial charge in [-0.1, -0.05) is 11.6 Å². The van der Waals surface area contributed by atoms with Crippen LogP contribution in [0.1, 0.15) is 12.0 Å². The van der Waals surface area contributed by atoms with Gasteiger partial charge in [0, 0.05) is 6.54 Å². The lowest BCUT2D eigenvalue weighted by Crippen LogP contribution is -2.32. The van der Waals surface area contributed by atoms with E-state index in [9.17, 15) is 18.0 Å². The molecule has 0 aliphatic rings. The molecule has 4 nitrogen and oxygen atoms in total. The van der Waals surface area contributed by atoms with Gasteiger partial charge in [-0.25, -0.2) is 0 Å². The quantitative estimate of drug-likeness (QED) is 0.752. The third kappa shape index (κ3) is 6.53. The minimum absolute atomic E-state index is 0.0833. The number of hydrogen-bond acceptors (Lipinski definition) is 3. The van der Waals surface area contributed by atoms with Gasteiger partial charge in [0.1, 0.15) is 0 Å². The van der Waals surface area contributed by atoms with Gasteiger partial charge in [-0.2, -0.15) is 13.2 Å². The van der Waals surface area contributed by atoms with Crippen LogP contribution in [-0.4, -0.2) is 44.5 Å². The van der Waals surface area contributed by atoms with Crippen LogP contribution in [-0.2, 0) is 11.0 Å². The van der Waals surface area contributed by atoms with Gasteiger partial charge in [-0.3, -0.25) is 4.79 Å². The molecule has 124 valence electrons. The van der Waals surface area contributed by atoms with Crippen molar-refractivity contribution < 1.29 is 18.0 Å². The third-order valence-electron chi connectivity index (χ3n) is 2.84. The number of nitrogens with one attached hydrogen (secondary N) is 2. The molecule has 1 rings (SSSR count). The summed E-state index contributed by atoms with van der Waals surface area (Å²) in [6, 6.07) is 2.94. The molecule has 0 aromatic heterocycles. The largest absolute Gasteiger partial charge is 0.416 e. The minimum Gasteiger partial charge on any atom is -0.375 e. The van der Waals surface area contributed by atoms with Crippen molar-refractivity contribution in [3.63, 3.8) is 0 Å². The Morgan fingerprint density at radius 3 is 2.59 bits per heavy atom. The topological polar surface area (TPSA) is 44.4 Å². The molecule has 1 aromatic carbocycles. The van der Waals surface area contributed by atoms with E-state index in [2.05, 4.69) is 10.6 Å². The van der Waals surface area contributed by atoms with Crippen LogP contribution in [0.25, 0.3) is 0 Å². The molecule has 0 saturated heterocycles. The Kier molecular flexibility index (Phi) is 6.96. The van der Waals surface area contributed by atoms with Crippen LogP contribution in [0.4, 0.5) is 18.9 Å². The van der Waals surface area contributed by atoms with Crippen molar-refractivity contribution >= 4 is 23.2 Å². The van der Waals surface area contributed by atoms with Gasteiger partial charge in [-0.05, 0) is 45.3 Å². The van der Waals surface area contributed by atoms with E-state index >= 15 is 0 Å². The number of alkyl halides is 3. The number of carbonyl (C=O) groups is 1. The average molecular weight is 338 g/mol. The van der Waals surface area contributed by atoms with Crippen LogP contribution < -0.4 is 10.6 Å². The Morgan fingerprint density at radius 2 is 2.00 bits per heavy atom. The maximum absolute atomic E-state index is 12.6. The Balaban J connectivity index is 2.48. The molecule has 0 unspecified atom stereocenters. The summed E-state index contributed by atoms with van der Waals surface area (Å²) >= 11 is 5.82. The van der Waals surface area contributed by atoms with Gasteiger partial charge in [-0.15, -0.1) is 0 Å². The molecule has 0 aliphatic heterocycles. The molecule has 0 heterocycles. The lowest BCUT2D eigenvalue weighted by Gasteiger charge is -2.13. The van der Waals surface area contributed by atoms with Crippen LogP contribution in [0.2, 0.25) is 5.02 Å². The van der Waals surface area contributed by atoms with Crippen molar-refractivity contribution in [1.82, 2.24) is 10.2 Å². The first-order chi connectivity index (χ1) is 10.2. The summed E-state index contributed by atoms with van der Waals surface area (Å²) in [6.45, 7) is 1.21. The highest BCUT2D eigenvalue weighted by Crippen LogP contribution is 2.33. The Bertz CT molecular complexity index is 507. The first-order valence-electron chi connectivity index (χ1n) is 6.72. The minimum atomic E-state index is -4.45. The van der Waals surface area contributed by atoms with E-state index < -0.39 is 11.7 Å². The lowest BCUT2D eigenvalue weighted by atomic mass is 10.2. The van der Waals surface area contributed by atoms with Crippen molar-refractivity contribution in [2.45, 2.75) is 12.6 Å². The third-order valence-corrected chi connectivity index (χ3v) is 3.17. The predicted molar refractivity (Wildman–Crippen MR) is 81.1 cm³/mol. The van der Waals surface area contributed by atoms with E-state index in [-0.39, 0.29) is 23.2 Å². The van der Waals surface area contributed by atoms with E-state index in [0.717, 1.165) is 31.2 Å². The Morgan fingerprint density at radius 1 is 1.32 bits per heavy atom. The van der Waals surface area contributed by atoms with E-state index in [1.54, 1.807) is 0 Å². The molecule has 0 aliphatic carbocycles. The highest BCUT2D eigenvalue weighted by Gasteiger charge is 2.30. The zero-order chi connectivity index (χ0) is 16.8. The number of benzene rings is 1. The number of anilines is 1. The second-order valence-electron chi connectivity index (χ2n) is 5.05. The van der Waals surface area contributed by atoms with Crippen molar-refractivity contribution in [3.05, 3.63) is 28.8 Å². The Hall–Kier alpha value is -1.47. The molecule has 8 heteroatoms. The molecule has 0 fully saturated rings. The maximum atomic E-state index is 12.6. The molecule has 0 spiro atoms. The van der Waals surface area contributed by atoms with Gasteiger partial charge >= 0.3 is 6.18 Å². The summed E-state index contributed by atoms with van der Waals surface area (Å²) in [7, 11) is 3.86. The second-order valence-corrected chi connectivity index (χ2v) is 5.46. The summed E-state index contributed by atoms with van der Waals surface area (Å²) in [5.41, 5.74) is -0.731. The zero-order valence-electron chi connectivity index (χ0n) is 12.4. The smallest absolute Gasteiger partial charge is 0.375 e. The van der Waals surface area contributed by atoms with Crippen molar-refractivity contribution in [1.29, 1.82) is 0 Å². The van der Waals surface area contributed by atoms with Crippen LogP contribution in [0.5, 0.6) is 0 Å². The first-order valence-corrected chi connectivity index (χ1v) is 7.10. The predicted octanol–water partition coefficient (Wildman–Crippen LogP) is 2.84. The Labute approximate surface area is 132 Å². The van der Waals surface area contributed by atoms with Crippen molar-refractivity contribution in [2.75, 3.05) is 39.0 Å². The van der Waals surface area contributed by atoms with Crippen molar-refractivity contribution in [2.24, 2.45) is 0 Å². The monoisotopic (exact) mass is 337 g/mol. The number of rotatable bonds is 7. The molecular weight excluding hydrogens is 319 g/mol. The molecule has 0 atom stereocenters. The van der Waals surface area contributed by atoms with Crippen LogP contribution in [0.15, 0.2) is 18.2 Å². The second kappa shape index (κ2) is 8.24. The fourth-order valence-electron chi connectivity index (χ4n) is 1.70. The summed E-state index contributed by atoms with van der Waals surface area (Å²) < 4.78 is 37.8. The number of hydrogen-bond donors (Lipinski definition) is 2. The average Bonchev–Trinajstić information content (AvgIpc) is 2.41. The molecular formula is C14H19ClF3N3O. The summed E-state index contributed by atoms with van der Waals surface area (Å²) in [4.78, 5) is 13.6. The van der Waals surface area contributed by atoms with E-state index in [4.69, 9.17) is 11.6 Å². The molecule has 0 radical (unpaired) electrons. The van der Waals surface area contributed by atoms with Gasteiger partial charge in [0.2, 0.25) is 5.91 Å². The van der Waals surface area contributed by atoms with E-state index in [1.165, 1.54) is 0 Å². The number of nitrogens with zero attached hydrogens (tertiary/aromatic N) is 1. The van der Waals surface area contributed by atoms with E-state index in [1.807, 2.05) is 19.0 Å². The summed E-state index contributed by atoms with van der Waals surface area (Å²) in [5.74, 6) is -0.299. The summed E-state index contributed by atoms with van der Waals surface area (Å²) in [6.07, 6.45) is -3.65. The van der Waals surface area contributed by atoms with Gasteiger partial charge in [0.05, 0.1) is 22.8 Å². The molecule has 1 aromatic rings. The molecule has 0 saturated carbocycles. The highest BCUT2D eigenvalue weighted by atomic mass is 35.5. The number of carbonyl (C=O) groups excluding carboxylic acids is 1. The van der Waals surface area contributed by atoms with E-state index in [0.29, 0.717) is 6.54 Å². The fraction of sp³-hybridized carbons (Fsp3) is 0.500. The van der Waals surface area contributed by atoms with Crippen LogP contribution >= 0.6 is 11.6 Å². The normalized spacial score (nSPS) is 11.6. The molecule has 2 N–H and O–H groups in total. The SMILES string of the molecule is CN(C)CCCNC(=O)CNc1cc(C(F)(F)F)ccc1Cl. The van der Waals surface area contributed by atoms with Gasteiger partial charge < -0.3 is 15.5 Å². The zero-order valence-corrected chi connectivity index (χ0v) is 13.2. The number of amides is 1. The van der Waals surface area contributed by atoms with Crippen LogP contribution in [0.3, 0.4) is 0 Å². The fourth-order valence-corrected chi connectivity index (χ4v) is 1.88. The number of halogens is 4. The van der Waals surface area contributed by atoms with Crippen molar-refractivity contribution in [3.8, 4) is 0 Å². The summed E-state index contributed by atoms with van der Waals surface area (Å²) in [5, 5.41) is 5.43. The van der Waals surface area contributed by atoms with Gasteiger partial charge in [0.15, 0.2) is 0 Å². The molecule has 22 heavy (non-hydrogen) atoms.